The molecule has 47 heavy (non-hydrogen) atoms. The molecule has 0 unspecified atom stereocenters. The first-order chi connectivity index (χ1) is 22.7. The molecule has 2 heterocycles. The Morgan fingerprint density at radius 2 is 1.74 bits per heavy atom. The maximum atomic E-state index is 15.1. The van der Waals surface area contributed by atoms with Crippen LogP contribution in [-0.2, 0) is 0 Å². The lowest BCUT2D eigenvalue weighted by atomic mass is 9.85. The molecule has 4 aromatic rings. The predicted molar refractivity (Wildman–Crippen MR) is 180 cm³/mol. The van der Waals surface area contributed by atoms with E-state index in [0.717, 1.165) is 43.5 Å². The van der Waals surface area contributed by atoms with Crippen LogP contribution in [-0.4, -0.2) is 61.9 Å². The molecule has 2 aliphatic rings. The Balaban J connectivity index is 1.17. The molecule has 1 fully saturated rings. The lowest BCUT2D eigenvalue weighted by Gasteiger charge is -2.21. The summed E-state index contributed by atoms with van der Waals surface area (Å²) in [4.78, 5) is 44.0. The topological polar surface area (TPSA) is 125 Å². The Labute approximate surface area is 272 Å². The maximum absolute atomic E-state index is 15.1. The molecule has 3 amide bonds. The van der Waals surface area contributed by atoms with Gasteiger partial charge in [-0.25, -0.2) is 9.18 Å². The second-order valence-electron chi connectivity index (χ2n) is 12.2. The van der Waals surface area contributed by atoms with Gasteiger partial charge in [-0.05, 0) is 87.5 Å². The SMILES string of the molecule is COc1cc(F)c2[nH]c(C3CCCCC3)c(/C=C3\Oc4ccc(NC(=O)Nc5ccc(C(=O)NCCN(C)C)cc5)cc4C3=O)c2c1. The summed E-state index contributed by atoms with van der Waals surface area (Å²) in [5, 5.41) is 8.97. The Bertz CT molecular complexity index is 1860. The first-order valence-corrected chi connectivity index (χ1v) is 15.8. The summed E-state index contributed by atoms with van der Waals surface area (Å²) in [6, 6.07) is 14.0. The van der Waals surface area contributed by atoms with Crippen molar-refractivity contribution in [1.29, 1.82) is 0 Å². The number of halogens is 1. The number of nitrogens with one attached hydrogen (secondary N) is 4. The molecule has 1 aliphatic heterocycles. The highest BCUT2D eigenvalue weighted by Crippen LogP contribution is 2.41. The van der Waals surface area contributed by atoms with E-state index in [-0.39, 0.29) is 23.4 Å². The summed E-state index contributed by atoms with van der Waals surface area (Å²) in [5.41, 5.74) is 3.67. The van der Waals surface area contributed by atoms with Crippen molar-refractivity contribution in [3.8, 4) is 11.5 Å². The molecule has 0 bridgehead atoms. The highest BCUT2D eigenvalue weighted by molar-refractivity contribution is 6.16. The number of aromatic amines is 1. The molecule has 244 valence electrons. The fourth-order valence-electron chi connectivity index (χ4n) is 6.15. The van der Waals surface area contributed by atoms with Crippen LogP contribution in [0, 0.1) is 5.82 Å². The smallest absolute Gasteiger partial charge is 0.323 e. The molecule has 11 heteroatoms. The van der Waals surface area contributed by atoms with Crippen molar-refractivity contribution in [3.63, 3.8) is 0 Å². The van der Waals surface area contributed by atoms with E-state index in [2.05, 4.69) is 20.9 Å². The lowest BCUT2D eigenvalue weighted by molar-refractivity contribution is 0.0950. The number of amides is 3. The van der Waals surface area contributed by atoms with E-state index in [1.165, 1.54) is 19.6 Å². The van der Waals surface area contributed by atoms with Gasteiger partial charge >= 0.3 is 6.03 Å². The number of carbonyl (C=O) groups is 3. The van der Waals surface area contributed by atoms with Gasteiger partial charge in [-0.1, -0.05) is 19.3 Å². The average Bonchev–Trinajstić information content (AvgIpc) is 3.58. The summed E-state index contributed by atoms with van der Waals surface area (Å²) >= 11 is 0. The van der Waals surface area contributed by atoms with Gasteiger partial charge in [0, 0.05) is 52.7 Å². The van der Waals surface area contributed by atoms with Crippen LogP contribution in [0.5, 0.6) is 11.5 Å². The van der Waals surface area contributed by atoms with E-state index in [9.17, 15) is 14.4 Å². The number of allylic oxidation sites excluding steroid dienone is 1. The van der Waals surface area contributed by atoms with Crippen LogP contribution in [0.2, 0.25) is 0 Å². The number of Topliss-reactive ketones (excluding diaryl/α,β-unsaturated/α-hetero) is 1. The molecule has 0 radical (unpaired) electrons. The molecular formula is C36H38FN5O5. The largest absolute Gasteiger partial charge is 0.497 e. The number of carbonyl (C=O) groups excluding carboxylic acids is 3. The number of urea groups is 1. The molecule has 4 N–H and O–H groups in total. The number of ketones is 1. The van der Waals surface area contributed by atoms with Crippen molar-refractivity contribution in [2.24, 2.45) is 0 Å². The molecule has 1 aromatic heterocycles. The number of aromatic nitrogens is 1. The van der Waals surface area contributed by atoms with Crippen molar-refractivity contribution < 1.29 is 28.2 Å². The van der Waals surface area contributed by atoms with Gasteiger partial charge in [0.05, 0.1) is 18.2 Å². The van der Waals surface area contributed by atoms with Crippen molar-refractivity contribution in [2.75, 3.05) is 44.9 Å². The highest BCUT2D eigenvalue weighted by Gasteiger charge is 2.30. The van der Waals surface area contributed by atoms with E-state index in [1.807, 2.05) is 19.0 Å². The van der Waals surface area contributed by atoms with E-state index >= 15 is 4.39 Å². The summed E-state index contributed by atoms with van der Waals surface area (Å²) in [6.07, 6.45) is 6.99. The van der Waals surface area contributed by atoms with Crippen LogP contribution in [0.15, 0.2) is 60.4 Å². The Kier molecular flexibility index (Phi) is 9.26. The van der Waals surface area contributed by atoms with E-state index < -0.39 is 11.8 Å². The third kappa shape index (κ3) is 7.00. The third-order valence-electron chi connectivity index (χ3n) is 8.60. The van der Waals surface area contributed by atoms with E-state index in [0.29, 0.717) is 51.4 Å². The zero-order chi connectivity index (χ0) is 33.1. The zero-order valence-corrected chi connectivity index (χ0v) is 26.7. The number of fused-ring (bicyclic) bond motifs is 2. The number of hydrogen-bond acceptors (Lipinski definition) is 6. The van der Waals surface area contributed by atoms with Crippen LogP contribution in [0.1, 0.15) is 70.0 Å². The molecule has 0 atom stereocenters. The van der Waals surface area contributed by atoms with Crippen LogP contribution >= 0.6 is 0 Å². The first kappa shape index (κ1) is 31.8. The second kappa shape index (κ2) is 13.7. The lowest BCUT2D eigenvalue weighted by Crippen LogP contribution is -2.31. The number of ether oxygens (including phenoxy) is 2. The van der Waals surface area contributed by atoms with E-state index in [4.69, 9.17) is 9.47 Å². The van der Waals surface area contributed by atoms with Crippen LogP contribution in [0.25, 0.3) is 17.0 Å². The highest BCUT2D eigenvalue weighted by atomic mass is 19.1. The summed E-state index contributed by atoms with van der Waals surface area (Å²) in [7, 11) is 5.35. The van der Waals surface area contributed by atoms with Crippen molar-refractivity contribution in [3.05, 3.63) is 88.6 Å². The third-order valence-corrected chi connectivity index (χ3v) is 8.60. The Morgan fingerprint density at radius 3 is 2.47 bits per heavy atom. The van der Waals surface area contributed by atoms with Crippen LogP contribution in [0.4, 0.5) is 20.6 Å². The van der Waals surface area contributed by atoms with Crippen molar-refractivity contribution >= 4 is 46.1 Å². The van der Waals surface area contributed by atoms with Crippen molar-refractivity contribution in [1.82, 2.24) is 15.2 Å². The minimum absolute atomic E-state index is 0.119. The average molecular weight is 640 g/mol. The maximum Gasteiger partial charge on any atom is 0.323 e. The standard InChI is InChI=1S/C36H38FN5O5/c1-42(2)16-15-38-35(44)22-9-11-23(12-10-22)39-36(45)40-24-13-14-30-28(17-24)34(43)31(47-30)20-27-26-18-25(46-3)19-29(37)33(26)41-32(27)21-7-5-4-6-8-21/h9-14,17-21,41H,4-8,15-16H2,1-3H3,(H,38,44)(H2,39,40,45)/b31-20-. The monoisotopic (exact) mass is 639 g/mol. The number of anilines is 2. The Morgan fingerprint density at radius 1 is 1.02 bits per heavy atom. The molecule has 6 rings (SSSR count). The van der Waals surface area contributed by atoms with Gasteiger partial charge in [0.1, 0.15) is 11.5 Å². The molecule has 0 spiro atoms. The molecule has 1 aliphatic carbocycles. The summed E-state index contributed by atoms with van der Waals surface area (Å²) < 4.78 is 26.5. The molecule has 3 aromatic carbocycles. The van der Waals surface area contributed by atoms with Crippen LogP contribution < -0.4 is 25.4 Å². The predicted octanol–water partition coefficient (Wildman–Crippen LogP) is 6.91. The van der Waals surface area contributed by atoms with Gasteiger partial charge in [-0.2, -0.15) is 0 Å². The number of nitrogens with zero attached hydrogens (tertiary/aromatic N) is 1. The zero-order valence-electron chi connectivity index (χ0n) is 26.7. The Hall–Kier alpha value is -5.16. The molecule has 10 nitrogen and oxygen atoms in total. The number of methoxy groups -OCH3 is 1. The quantitative estimate of drug-likeness (QED) is 0.148. The van der Waals surface area contributed by atoms with Gasteiger partial charge in [0.2, 0.25) is 5.78 Å². The fraction of sp³-hybridized carbons (Fsp3) is 0.306. The van der Waals surface area contributed by atoms with E-state index in [1.54, 1.807) is 54.6 Å². The number of benzene rings is 3. The first-order valence-electron chi connectivity index (χ1n) is 15.8. The molecular weight excluding hydrogens is 601 g/mol. The van der Waals surface area contributed by atoms with Crippen molar-refractivity contribution in [2.45, 2.75) is 38.0 Å². The number of rotatable bonds is 9. The van der Waals surface area contributed by atoms with Crippen LogP contribution in [0.3, 0.4) is 0 Å². The van der Waals surface area contributed by atoms with Gasteiger partial charge < -0.3 is 35.3 Å². The van der Waals surface area contributed by atoms with Gasteiger partial charge in [-0.3, -0.25) is 9.59 Å². The summed E-state index contributed by atoms with van der Waals surface area (Å²) in [6.45, 7) is 1.26. The minimum atomic E-state index is -0.512. The second-order valence-corrected chi connectivity index (χ2v) is 12.2. The number of H-pyrrole nitrogens is 1. The van der Waals surface area contributed by atoms with Gasteiger partial charge in [0.15, 0.2) is 11.6 Å². The fourth-order valence-corrected chi connectivity index (χ4v) is 6.15. The normalized spacial score (nSPS) is 15.5. The van der Waals surface area contributed by atoms with Gasteiger partial charge in [-0.15, -0.1) is 0 Å². The number of likely N-dealkylation sites (N-methyl/N-ethyl adjacent to an activating group) is 1. The number of hydrogen-bond donors (Lipinski definition) is 4. The van der Waals surface area contributed by atoms with Gasteiger partial charge in [0.25, 0.3) is 5.91 Å². The molecule has 0 saturated heterocycles. The minimum Gasteiger partial charge on any atom is -0.497 e. The molecule has 1 saturated carbocycles. The summed E-state index contributed by atoms with van der Waals surface area (Å²) in [5.74, 6) is 0.135.